The highest BCUT2D eigenvalue weighted by Gasteiger charge is 2.43. The molecule has 1 aromatic carbocycles. The maximum Gasteiger partial charge on any atom is 0.227 e. The SMILES string of the molecule is Cc1cc(NC(=O)[C@H]2C[C@H]3CC[C@H]2C3)ccc1S(C)(=O)=O. The van der Waals surface area contributed by atoms with E-state index in [1.54, 1.807) is 25.1 Å². The predicted octanol–water partition coefficient (Wildman–Crippen LogP) is 2.77. The number of amides is 1. The lowest BCUT2D eigenvalue weighted by Crippen LogP contribution is -2.27. The second kappa shape index (κ2) is 5.13. The van der Waals surface area contributed by atoms with Gasteiger partial charge in [-0.1, -0.05) is 6.42 Å². The Morgan fingerprint density at radius 1 is 1.24 bits per heavy atom. The molecule has 2 aliphatic carbocycles. The minimum absolute atomic E-state index is 0.0914. The second-order valence-corrected chi connectivity index (χ2v) is 8.51. The van der Waals surface area contributed by atoms with E-state index in [9.17, 15) is 13.2 Å². The first kappa shape index (κ1) is 14.6. The van der Waals surface area contributed by atoms with Crippen molar-refractivity contribution >= 4 is 21.4 Å². The quantitative estimate of drug-likeness (QED) is 0.934. The summed E-state index contributed by atoms with van der Waals surface area (Å²) in [4.78, 5) is 12.7. The molecule has 0 spiro atoms. The van der Waals surface area contributed by atoms with Crippen molar-refractivity contribution in [3.8, 4) is 0 Å². The lowest BCUT2D eigenvalue weighted by molar-refractivity contribution is -0.121. The average molecular weight is 307 g/mol. The van der Waals surface area contributed by atoms with Gasteiger partial charge in [0.2, 0.25) is 5.91 Å². The summed E-state index contributed by atoms with van der Waals surface area (Å²) in [6.07, 6.45) is 5.86. The second-order valence-electron chi connectivity index (χ2n) is 6.52. The van der Waals surface area contributed by atoms with Gasteiger partial charge in [0.1, 0.15) is 0 Å². The van der Waals surface area contributed by atoms with E-state index in [0.29, 0.717) is 22.1 Å². The van der Waals surface area contributed by atoms with E-state index in [4.69, 9.17) is 0 Å². The fourth-order valence-electron chi connectivity index (χ4n) is 3.94. The van der Waals surface area contributed by atoms with Crippen LogP contribution in [0.5, 0.6) is 0 Å². The summed E-state index contributed by atoms with van der Waals surface area (Å²) in [5.74, 6) is 1.51. The van der Waals surface area contributed by atoms with Gasteiger partial charge in [-0.15, -0.1) is 0 Å². The molecule has 114 valence electrons. The van der Waals surface area contributed by atoms with Crippen LogP contribution < -0.4 is 5.32 Å². The first-order chi connectivity index (χ1) is 9.84. The highest BCUT2D eigenvalue weighted by molar-refractivity contribution is 7.90. The maximum absolute atomic E-state index is 12.4. The summed E-state index contributed by atoms with van der Waals surface area (Å²) >= 11 is 0. The molecule has 21 heavy (non-hydrogen) atoms. The smallest absolute Gasteiger partial charge is 0.227 e. The molecule has 3 atom stereocenters. The van der Waals surface area contributed by atoms with Crippen LogP contribution in [-0.2, 0) is 14.6 Å². The Balaban J connectivity index is 1.74. The first-order valence-electron chi connectivity index (χ1n) is 7.46. The monoisotopic (exact) mass is 307 g/mol. The third kappa shape index (κ3) is 2.84. The molecule has 1 aromatic rings. The van der Waals surface area contributed by atoms with Crippen molar-refractivity contribution in [3.63, 3.8) is 0 Å². The Labute approximate surface area is 125 Å². The van der Waals surface area contributed by atoms with Gasteiger partial charge in [-0.2, -0.15) is 0 Å². The molecule has 2 fully saturated rings. The van der Waals surface area contributed by atoms with Crippen LogP contribution in [0.15, 0.2) is 23.1 Å². The normalized spacial score (nSPS) is 27.8. The Bertz CT molecular complexity index is 681. The molecule has 0 aromatic heterocycles. The van der Waals surface area contributed by atoms with E-state index in [1.807, 2.05) is 0 Å². The molecule has 1 amide bonds. The lowest BCUT2D eigenvalue weighted by Gasteiger charge is -2.21. The maximum atomic E-state index is 12.4. The highest BCUT2D eigenvalue weighted by Crippen LogP contribution is 2.48. The summed E-state index contributed by atoms with van der Waals surface area (Å²) < 4.78 is 23.2. The molecule has 1 N–H and O–H groups in total. The first-order valence-corrected chi connectivity index (χ1v) is 9.35. The van der Waals surface area contributed by atoms with Gasteiger partial charge in [-0.25, -0.2) is 8.42 Å². The Morgan fingerprint density at radius 2 is 2.00 bits per heavy atom. The molecule has 2 saturated carbocycles. The number of sulfone groups is 1. The number of benzene rings is 1. The molecular weight excluding hydrogens is 286 g/mol. The summed E-state index contributed by atoms with van der Waals surface area (Å²) in [5.41, 5.74) is 1.36. The zero-order valence-corrected chi connectivity index (χ0v) is 13.2. The lowest BCUT2D eigenvalue weighted by atomic mass is 9.88. The molecule has 0 saturated heterocycles. The summed E-state index contributed by atoms with van der Waals surface area (Å²) in [6, 6.07) is 4.98. The van der Waals surface area contributed by atoms with Crippen LogP contribution in [0.1, 0.15) is 31.2 Å². The van der Waals surface area contributed by atoms with E-state index in [0.717, 1.165) is 12.3 Å². The fraction of sp³-hybridized carbons (Fsp3) is 0.562. The van der Waals surface area contributed by atoms with Crippen molar-refractivity contribution in [1.29, 1.82) is 0 Å². The predicted molar refractivity (Wildman–Crippen MR) is 81.9 cm³/mol. The van der Waals surface area contributed by atoms with E-state index in [-0.39, 0.29) is 11.8 Å². The topological polar surface area (TPSA) is 63.2 Å². The molecular formula is C16H21NO3S. The number of hydrogen-bond donors (Lipinski definition) is 1. The minimum Gasteiger partial charge on any atom is -0.326 e. The average Bonchev–Trinajstić information content (AvgIpc) is 2.99. The molecule has 3 rings (SSSR count). The molecule has 4 nitrogen and oxygen atoms in total. The minimum atomic E-state index is -3.21. The van der Waals surface area contributed by atoms with E-state index in [1.165, 1.54) is 25.5 Å². The van der Waals surface area contributed by atoms with Gasteiger partial charge in [0.25, 0.3) is 0 Å². The molecule has 5 heteroatoms. The van der Waals surface area contributed by atoms with Crippen LogP contribution in [-0.4, -0.2) is 20.6 Å². The molecule has 0 aliphatic heterocycles. The van der Waals surface area contributed by atoms with Crippen molar-refractivity contribution in [1.82, 2.24) is 0 Å². The molecule has 2 bridgehead atoms. The van der Waals surface area contributed by atoms with Gasteiger partial charge in [-0.05, 0) is 61.8 Å². The molecule has 0 radical (unpaired) electrons. The highest BCUT2D eigenvalue weighted by atomic mass is 32.2. The van der Waals surface area contributed by atoms with Gasteiger partial charge < -0.3 is 5.32 Å². The standard InChI is InChI=1S/C16H21NO3S/c1-10-7-13(5-6-15(10)21(2,19)20)17-16(18)14-9-11-3-4-12(14)8-11/h5-7,11-12,14H,3-4,8-9H2,1-2H3,(H,17,18)/t11-,12-,14-/m0/s1. The zero-order valence-electron chi connectivity index (χ0n) is 12.4. The number of hydrogen-bond acceptors (Lipinski definition) is 3. The fourth-order valence-corrected chi connectivity index (χ4v) is 4.90. The van der Waals surface area contributed by atoms with Gasteiger partial charge in [-0.3, -0.25) is 4.79 Å². The number of anilines is 1. The van der Waals surface area contributed by atoms with Gasteiger partial charge in [0.05, 0.1) is 4.90 Å². The number of nitrogens with one attached hydrogen (secondary N) is 1. The van der Waals surface area contributed by atoms with Crippen LogP contribution >= 0.6 is 0 Å². The van der Waals surface area contributed by atoms with Crippen LogP contribution in [0, 0.1) is 24.7 Å². The summed E-state index contributed by atoms with van der Waals surface area (Å²) in [5, 5.41) is 2.95. The largest absolute Gasteiger partial charge is 0.326 e. The van der Waals surface area contributed by atoms with Crippen molar-refractivity contribution in [2.75, 3.05) is 11.6 Å². The van der Waals surface area contributed by atoms with Gasteiger partial charge in [0.15, 0.2) is 9.84 Å². The van der Waals surface area contributed by atoms with Crippen molar-refractivity contribution in [2.45, 2.75) is 37.5 Å². The summed E-state index contributed by atoms with van der Waals surface area (Å²) in [7, 11) is -3.21. The van der Waals surface area contributed by atoms with Gasteiger partial charge in [0, 0.05) is 17.9 Å². The van der Waals surface area contributed by atoms with E-state index in [2.05, 4.69) is 5.32 Å². The molecule has 0 unspecified atom stereocenters. The van der Waals surface area contributed by atoms with Crippen LogP contribution in [0.2, 0.25) is 0 Å². The number of aryl methyl sites for hydroxylation is 1. The van der Waals surface area contributed by atoms with Gasteiger partial charge >= 0.3 is 0 Å². The van der Waals surface area contributed by atoms with E-state index < -0.39 is 9.84 Å². The Hall–Kier alpha value is -1.36. The number of carbonyl (C=O) groups excluding carboxylic acids is 1. The van der Waals surface area contributed by atoms with Crippen LogP contribution in [0.25, 0.3) is 0 Å². The zero-order chi connectivity index (χ0) is 15.2. The van der Waals surface area contributed by atoms with Crippen LogP contribution in [0.4, 0.5) is 5.69 Å². The van der Waals surface area contributed by atoms with Crippen molar-refractivity contribution < 1.29 is 13.2 Å². The van der Waals surface area contributed by atoms with Crippen LogP contribution in [0.3, 0.4) is 0 Å². The number of rotatable bonds is 3. The Morgan fingerprint density at radius 3 is 2.52 bits per heavy atom. The number of carbonyl (C=O) groups is 1. The third-order valence-electron chi connectivity index (χ3n) is 4.92. The molecule has 2 aliphatic rings. The van der Waals surface area contributed by atoms with Crippen molar-refractivity contribution in [2.24, 2.45) is 17.8 Å². The number of fused-ring (bicyclic) bond motifs is 2. The van der Waals surface area contributed by atoms with E-state index >= 15 is 0 Å². The summed E-state index contributed by atoms with van der Waals surface area (Å²) in [6.45, 7) is 1.75. The Kier molecular flexibility index (Phi) is 3.56. The molecule has 0 heterocycles. The third-order valence-corrected chi connectivity index (χ3v) is 6.17. The van der Waals surface area contributed by atoms with Crippen molar-refractivity contribution in [3.05, 3.63) is 23.8 Å².